The number of carbonyl (C=O) groups excluding carboxylic acids is 1. The summed E-state index contributed by atoms with van der Waals surface area (Å²) in [7, 11) is 0. The number of hydrogen-bond donors (Lipinski definition) is 3. The van der Waals surface area contributed by atoms with Crippen molar-refractivity contribution in [1.82, 2.24) is 4.98 Å². The maximum absolute atomic E-state index is 12.4. The number of amides is 1. The molecule has 0 spiro atoms. The fourth-order valence-corrected chi connectivity index (χ4v) is 3.55. The summed E-state index contributed by atoms with van der Waals surface area (Å²) >= 11 is 0. The lowest BCUT2D eigenvalue weighted by atomic mass is 9.97. The molecule has 0 saturated carbocycles. The van der Waals surface area contributed by atoms with Gasteiger partial charge in [-0.15, -0.1) is 0 Å². The summed E-state index contributed by atoms with van der Waals surface area (Å²) in [5.41, 5.74) is 13.4. The minimum Gasteiger partial charge on any atom is -0.399 e. The summed E-state index contributed by atoms with van der Waals surface area (Å²) in [6.07, 6.45) is 0.354. The third-order valence-corrected chi connectivity index (χ3v) is 4.74. The van der Waals surface area contributed by atoms with E-state index in [1.807, 2.05) is 32.0 Å². The second-order valence-electron chi connectivity index (χ2n) is 7.02. The van der Waals surface area contributed by atoms with Crippen LogP contribution < -0.4 is 16.4 Å². The highest BCUT2D eigenvalue weighted by Crippen LogP contribution is 2.34. The lowest BCUT2D eigenvalue weighted by molar-refractivity contribution is -0.116. The monoisotopic (exact) mass is 358 g/mol. The fraction of sp³-hybridized carbons (Fsp3) is 0.182. The summed E-state index contributed by atoms with van der Waals surface area (Å²) in [5, 5.41) is 6.42. The van der Waals surface area contributed by atoms with Crippen LogP contribution in [-0.4, -0.2) is 10.9 Å². The normalized spacial score (nSPS) is 16.1. The van der Waals surface area contributed by atoms with Crippen molar-refractivity contribution in [3.8, 4) is 11.1 Å². The molecule has 4 N–H and O–H groups in total. The zero-order valence-electron chi connectivity index (χ0n) is 15.4. The number of nitrogens with zero attached hydrogens (tertiary/aromatic N) is 1. The second kappa shape index (κ2) is 6.76. The Morgan fingerprint density at radius 3 is 2.52 bits per heavy atom. The molecule has 136 valence electrons. The number of fused-ring (bicyclic) bond motifs is 1. The molecule has 2 heterocycles. The van der Waals surface area contributed by atoms with Gasteiger partial charge in [0.25, 0.3) is 0 Å². The molecule has 1 aliphatic rings. The molecule has 5 heteroatoms. The Morgan fingerprint density at radius 2 is 1.74 bits per heavy atom. The predicted molar refractivity (Wildman–Crippen MR) is 110 cm³/mol. The highest BCUT2D eigenvalue weighted by molar-refractivity contribution is 5.97. The van der Waals surface area contributed by atoms with Gasteiger partial charge < -0.3 is 16.4 Å². The highest BCUT2D eigenvalue weighted by Gasteiger charge is 2.22. The van der Waals surface area contributed by atoms with E-state index in [-0.39, 0.29) is 11.9 Å². The van der Waals surface area contributed by atoms with E-state index in [4.69, 9.17) is 5.73 Å². The Hall–Kier alpha value is -3.34. The molecule has 0 fully saturated rings. The number of nitrogens with two attached hydrogens (primary N) is 1. The average Bonchev–Trinajstić information content (AvgIpc) is 2.78. The van der Waals surface area contributed by atoms with Crippen LogP contribution in [0, 0.1) is 13.8 Å². The number of hydrogen-bond acceptors (Lipinski definition) is 4. The van der Waals surface area contributed by atoms with Crippen LogP contribution in [0.1, 0.15) is 29.4 Å². The van der Waals surface area contributed by atoms with Gasteiger partial charge in [-0.2, -0.15) is 0 Å². The SMILES string of the molecule is Cc1cc(-c2cccc(C3CC(=O)Nc4cc(N)ccc4N3)c2)cc(C)n1. The molecule has 0 aliphatic carbocycles. The molecule has 1 aliphatic heterocycles. The summed E-state index contributed by atoms with van der Waals surface area (Å²) < 4.78 is 0. The van der Waals surface area contributed by atoms with Crippen molar-refractivity contribution in [2.24, 2.45) is 0 Å². The summed E-state index contributed by atoms with van der Waals surface area (Å²) in [6, 6.07) is 17.9. The number of benzene rings is 2. The Labute approximate surface area is 158 Å². The first-order valence-electron chi connectivity index (χ1n) is 8.99. The molecular formula is C22H22N4O. The molecule has 0 bridgehead atoms. The Kier molecular flexibility index (Phi) is 4.28. The van der Waals surface area contributed by atoms with Crippen LogP contribution in [0.4, 0.5) is 17.1 Å². The van der Waals surface area contributed by atoms with Crippen molar-refractivity contribution >= 4 is 23.0 Å². The minimum atomic E-state index is -0.112. The number of rotatable bonds is 2. The van der Waals surface area contributed by atoms with Gasteiger partial charge in [0.1, 0.15) is 0 Å². The Bertz CT molecular complexity index is 1010. The van der Waals surface area contributed by atoms with Crippen LogP contribution in [0.25, 0.3) is 11.1 Å². The number of nitrogens with one attached hydrogen (secondary N) is 2. The predicted octanol–water partition coefficient (Wildman–Crippen LogP) is 4.44. The van der Waals surface area contributed by atoms with E-state index in [0.717, 1.165) is 39.5 Å². The van der Waals surface area contributed by atoms with Gasteiger partial charge in [0, 0.05) is 17.1 Å². The summed E-state index contributed by atoms with van der Waals surface area (Å²) in [4.78, 5) is 16.8. The molecular weight excluding hydrogens is 336 g/mol. The molecule has 1 atom stereocenters. The van der Waals surface area contributed by atoms with Crippen molar-refractivity contribution in [1.29, 1.82) is 0 Å². The van der Waals surface area contributed by atoms with E-state index in [9.17, 15) is 4.79 Å². The quantitative estimate of drug-likeness (QED) is 0.592. The molecule has 2 aromatic carbocycles. The third kappa shape index (κ3) is 3.62. The molecule has 0 radical (unpaired) electrons. The molecule has 1 aromatic heterocycles. The lowest BCUT2D eigenvalue weighted by Crippen LogP contribution is -2.15. The van der Waals surface area contributed by atoms with Crippen molar-refractivity contribution in [2.45, 2.75) is 26.3 Å². The van der Waals surface area contributed by atoms with E-state index in [0.29, 0.717) is 12.1 Å². The fourth-order valence-electron chi connectivity index (χ4n) is 3.55. The van der Waals surface area contributed by atoms with Crippen LogP contribution in [0.5, 0.6) is 0 Å². The molecule has 0 saturated heterocycles. The average molecular weight is 358 g/mol. The zero-order chi connectivity index (χ0) is 19.0. The number of aryl methyl sites for hydroxylation is 2. The van der Waals surface area contributed by atoms with Gasteiger partial charge in [0.15, 0.2) is 0 Å². The first-order valence-corrected chi connectivity index (χ1v) is 8.99. The van der Waals surface area contributed by atoms with Crippen molar-refractivity contribution < 1.29 is 4.79 Å². The Balaban J connectivity index is 1.71. The van der Waals surface area contributed by atoms with E-state index in [2.05, 4.69) is 45.9 Å². The molecule has 5 nitrogen and oxygen atoms in total. The van der Waals surface area contributed by atoms with Gasteiger partial charge in [-0.3, -0.25) is 9.78 Å². The number of anilines is 3. The second-order valence-corrected chi connectivity index (χ2v) is 7.02. The molecule has 1 unspecified atom stereocenters. The molecule has 4 rings (SSSR count). The largest absolute Gasteiger partial charge is 0.399 e. The van der Waals surface area contributed by atoms with E-state index in [1.54, 1.807) is 6.07 Å². The van der Waals surface area contributed by atoms with E-state index < -0.39 is 0 Å². The number of aromatic nitrogens is 1. The summed E-state index contributed by atoms with van der Waals surface area (Å²) in [5.74, 6) is -0.0298. The van der Waals surface area contributed by atoms with Crippen LogP contribution >= 0.6 is 0 Å². The van der Waals surface area contributed by atoms with Crippen LogP contribution in [0.3, 0.4) is 0 Å². The highest BCUT2D eigenvalue weighted by atomic mass is 16.1. The van der Waals surface area contributed by atoms with Gasteiger partial charge in [-0.1, -0.05) is 18.2 Å². The number of carbonyl (C=O) groups is 1. The first-order chi connectivity index (χ1) is 13.0. The topological polar surface area (TPSA) is 80.0 Å². The maximum atomic E-state index is 12.4. The smallest absolute Gasteiger partial charge is 0.226 e. The number of nitrogen functional groups attached to an aromatic ring is 1. The van der Waals surface area contributed by atoms with Crippen molar-refractivity contribution in [3.63, 3.8) is 0 Å². The molecule has 1 amide bonds. The van der Waals surface area contributed by atoms with Gasteiger partial charge >= 0.3 is 0 Å². The van der Waals surface area contributed by atoms with Crippen LogP contribution in [-0.2, 0) is 4.79 Å². The van der Waals surface area contributed by atoms with E-state index in [1.165, 1.54) is 0 Å². The van der Waals surface area contributed by atoms with Gasteiger partial charge in [-0.05, 0) is 66.9 Å². The van der Waals surface area contributed by atoms with Gasteiger partial charge in [0.05, 0.1) is 23.8 Å². The number of pyridine rings is 1. The molecule has 3 aromatic rings. The Morgan fingerprint density at radius 1 is 0.963 bits per heavy atom. The molecule has 27 heavy (non-hydrogen) atoms. The standard InChI is InChI=1S/C22H22N4O/c1-13-8-17(9-14(2)24-13)15-4-3-5-16(10-15)20-12-22(27)26-21-11-18(23)6-7-19(21)25-20/h3-11,20,25H,12,23H2,1-2H3,(H,26,27). The van der Waals surface area contributed by atoms with E-state index >= 15 is 0 Å². The van der Waals surface area contributed by atoms with Crippen LogP contribution in [0.15, 0.2) is 54.6 Å². The first kappa shape index (κ1) is 17.1. The lowest BCUT2D eigenvalue weighted by Gasteiger charge is -2.18. The van der Waals surface area contributed by atoms with Gasteiger partial charge in [-0.25, -0.2) is 0 Å². The van der Waals surface area contributed by atoms with Gasteiger partial charge in [0.2, 0.25) is 5.91 Å². The summed E-state index contributed by atoms with van der Waals surface area (Å²) in [6.45, 7) is 4.00. The minimum absolute atomic E-state index is 0.0298. The van der Waals surface area contributed by atoms with Crippen LogP contribution in [0.2, 0.25) is 0 Å². The van der Waals surface area contributed by atoms with Crippen molar-refractivity contribution in [2.75, 3.05) is 16.4 Å². The maximum Gasteiger partial charge on any atom is 0.226 e. The third-order valence-electron chi connectivity index (χ3n) is 4.74. The van der Waals surface area contributed by atoms with Crippen molar-refractivity contribution in [3.05, 3.63) is 71.5 Å². The zero-order valence-corrected chi connectivity index (χ0v) is 15.4.